The second-order valence-corrected chi connectivity index (χ2v) is 5.11. The third-order valence-corrected chi connectivity index (χ3v) is 3.15. The molecule has 0 unspecified atom stereocenters. The number of carbonyl (C=O) groups is 1. The minimum absolute atomic E-state index is 0.214. The Labute approximate surface area is 139 Å². The lowest BCUT2D eigenvalue weighted by atomic mass is 10.2. The molecule has 1 aromatic heterocycles. The molecular weight excluding hydrogens is 304 g/mol. The van der Waals surface area contributed by atoms with E-state index in [-0.39, 0.29) is 12.0 Å². The van der Waals surface area contributed by atoms with Gasteiger partial charge in [-0.2, -0.15) is 0 Å². The summed E-state index contributed by atoms with van der Waals surface area (Å²) in [5.41, 5.74) is 2.31. The fourth-order valence-electron chi connectivity index (χ4n) is 1.96. The molecule has 6 nitrogen and oxygen atoms in total. The lowest BCUT2D eigenvalue weighted by Crippen LogP contribution is -2.19. The van der Waals surface area contributed by atoms with Gasteiger partial charge in [0, 0.05) is 5.69 Å². The third-order valence-electron chi connectivity index (χ3n) is 3.15. The topological polar surface area (TPSA) is 76.1 Å². The molecular formula is C18H16N4O2. The number of urea groups is 1. The van der Waals surface area contributed by atoms with E-state index in [1.807, 2.05) is 61.5 Å². The number of hydrogen-bond donors (Lipinski definition) is 2. The molecule has 2 amide bonds. The molecule has 3 rings (SSSR count). The summed E-state index contributed by atoms with van der Waals surface area (Å²) in [5, 5.41) is 5.40. The molecule has 2 aromatic carbocycles. The molecule has 0 saturated heterocycles. The van der Waals surface area contributed by atoms with Crippen LogP contribution in [0, 0.1) is 6.92 Å². The van der Waals surface area contributed by atoms with Crippen LogP contribution in [0.25, 0.3) is 0 Å². The van der Waals surface area contributed by atoms with Crippen LogP contribution in [0.2, 0.25) is 0 Å². The van der Waals surface area contributed by atoms with Gasteiger partial charge in [-0.1, -0.05) is 35.9 Å². The fraction of sp³-hybridized carbons (Fsp3) is 0.0556. The molecule has 0 bridgehead atoms. The Hall–Kier alpha value is -3.41. The first-order valence-corrected chi connectivity index (χ1v) is 7.39. The average Bonchev–Trinajstić information content (AvgIpc) is 2.60. The van der Waals surface area contributed by atoms with Gasteiger partial charge in [-0.25, -0.2) is 14.8 Å². The fourth-order valence-corrected chi connectivity index (χ4v) is 1.96. The Morgan fingerprint density at radius 2 is 1.50 bits per heavy atom. The molecule has 0 aliphatic heterocycles. The van der Waals surface area contributed by atoms with Crippen molar-refractivity contribution in [3.8, 4) is 11.8 Å². The van der Waals surface area contributed by atoms with Gasteiger partial charge in [0.15, 0.2) is 0 Å². The predicted octanol–water partition coefficient (Wildman–Crippen LogP) is 4.22. The van der Waals surface area contributed by atoms with Crippen molar-refractivity contribution in [3.05, 3.63) is 72.6 Å². The van der Waals surface area contributed by atoms with Crippen LogP contribution in [-0.2, 0) is 0 Å². The quantitative estimate of drug-likeness (QED) is 0.754. The Bertz CT molecular complexity index is 803. The number of aromatic nitrogens is 2. The summed E-state index contributed by atoms with van der Waals surface area (Å²) in [6.07, 6.45) is 2.97. The average molecular weight is 320 g/mol. The van der Waals surface area contributed by atoms with Gasteiger partial charge < -0.3 is 15.4 Å². The molecule has 0 aliphatic carbocycles. The number of amides is 2. The first-order chi connectivity index (χ1) is 11.7. The van der Waals surface area contributed by atoms with E-state index >= 15 is 0 Å². The van der Waals surface area contributed by atoms with E-state index < -0.39 is 0 Å². The zero-order valence-corrected chi connectivity index (χ0v) is 13.1. The van der Waals surface area contributed by atoms with Crippen molar-refractivity contribution in [2.24, 2.45) is 0 Å². The minimum atomic E-state index is -0.362. The number of carbonyl (C=O) groups excluding carboxylic acids is 1. The Morgan fingerprint density at radius 3 is 2.17 bits per heavy atom. The summed E-state index contributed by atoms with van der Waals surface area (Å²) in [6, 6.07) is 16.6. The molecule has 120 valence electrons. The Balaban J connectivity index is 1.57. The number of nitrogens with one attached hydrogen (secondary N) is 2. The predicted molar refractivity (Wildman–Crippen MR) is 92.4 cm³/mol. The molecule has 3 aromatic rings. The van der Waals surface area contributed by atoms with Gasteiger partial charge in [0.05, 0.1) is 18.1 Å². The van der Waals surface area contributed by atoms with Crippen molar-refractivity contribution in [2.45, 2.75) is 6.92 Å². The van der Waals surface area contributed by atoms with Crippen LogP contribution in [0.4, 0.5) is 16.2 Å². The SMILES string of the molecule is Cc1ccc(NC(=O)Nc2cnc(Oc3ccccc3)nc2)cc1. The lowest BCUT2D eigenvalue weighted by Gasteiger charge is -2.08. The van der Waals surface area contributed by atoms with E-state index in [0.717, 1.165) is 5.56 Å². The van der Waals surface area contributed by atoms with Gasteiger partial charge in [-0.15, -0.1) is 0 Å². The smallest absolute Gasteiger partial charge is 0.323 e. The summed E-state index contributed by atoms with van der Waals surface area (Å²) in [6.45, 7) is 1.99. The van der Waals surface area contributed by atoms with E-state index in [4.69, 9.17) is 4.74 Å². The highest BCUT2D eigenvalue weighted by atomic mass is 16.5. The molecule has 0 radical (unpaired) electrons. The highest BCUT2D eigenvalue weighted by Gasteiger charge is 2.05. The molecule has 6 heteroatoms. The maximum Gasteiger partial charge on any atom is 0.323 e. The molecule has 0 spiro atoms. The second-order valence-electron chi connectivity index (χ2n) is 5.11. The summed E-state index contributed by atoms with van der Waals surface area (Å²) >= 11 is 0. The van der Waals surface area contributed by atoms with Crippen LogP contribution in [-0.4, -0.2) is 16.0 Å². The van der Waals surface area contributed by atoms with Crippen LogP contribution >= 0.6 is 0 Å². The first-order valence-electron chi connectivity index (χ1n) is 7.39. The van der Waals surface area contributed by atoms with Gasteiger partial charge in [0.1, 0.15) is 5.75 Å². The molecule has 2 N–H and O–H groups in total. The molecule has 24 heavy (non-hydrogen) atoms. The summed E-state index contributed by atoms with van der Waals surface area (Å²) in [5.74, 6) is 0.648. The van der Waals surface area contributed by atoms with Crippen LogP contribution in [0.5, 0.6) is 11.8 Å². The highest BCUT2D eigenvalue weighted by molar-refractivity contribution is 5.99. The number of aryl methyl sites for hydroxylation is 1. The minimum Gasteiger partial charge on any atom is -0.424 e. The zero-order chi connectivity index (χ0) is 16.8. The molecule has 0 fully saturated rings. The number of hydrogen-bond acceptors (Lipinski definition) is 4. The molecule has 1 heterocycles. The normalized spacial score (nSPS) is 10.0. The number of nitrogens with zero attached hydrogens (tertiary/aromatic N) is 2. The third kappa shape index (κ3) is 4.30. The monoisotopic (exact) mass is 320 g/mol. The molecule has 0 aliphatic rings. The summed E-state index contributed by atoms with van der Waals surface area (Å²) in [4.78, 5) is 20.1. The number of benzene rings is 2. The lowest BCUT2D eigenvalue weighted by molar-refractivity contribution is 0.262. The Kier molecular flexibility index (Phi) is 4.67. The van der Waals surface area contributed by atoms with Crippen molar-refractivity contribution in [1.29, 1.82) is 0 Å². The van der Waals surface area contributed by atoms with Crippen LogP contribution in [0.3, 0.4) is 0 Å². The number of rotatable bonds is 4. The second kappa shape index (κ2) is 7.23. The van der Waals surface area contributed by atoms with E-state index in [0.29, 0.717) is 17.1 Å². The number of para-hydroxylation sites is 1. The van der Waals surface area contributed by atoms with Gasteiger partial charge in [-0.3, -0.25) is 0 Å². The highest BCUT2D eigenvalue weighted by Crippen LogP contribution is 2.17. The standard InChI is InChI=1S/C18H16N4O2/c1-13-7-9-14(10-8-13)21-17(23)22-15-11-19-18(20-12-15)24-16-5-3-2-4-6-16/h2-12H,1H3,(H2,21,22,23). The van der Waals surface area contributed by atoms with Gasteiger partial charge in [0.2, 0.25) is 0 Å². The summed E-state index contributed by atoms with van der Waals surface area (Å²) < 4.78 is 5.49. The Morgan fingerprint density at radius 1 is 0.875 bits per heavy atom. The first kappa shape index (κ1) is 15.5. The number of ether oxygens (including phenoxy) is 1. The van der Waals surface area contributed by atoms with Gasteiger partial charge in [-0.05, 0) is 31.2 Å². The largest absolute Gasteiger partial charge is 0.424 e. The van der Waals surface area contributed by atoms with Crippen LogP contribution < -0.4 is 15.4 Å². The maximum atomic E-state index is 11.9. The van der Waals surface area contributed by atoms with E-state index in [1.54, 1.807) is 0 Å². The molecule has 0 atom stereocenters. The van der Waals surface area contributed by atoms with E-state index in [1.165, 1.54) is 12.4 Å². The number of anilines is 2. The van der Waals surface area contributed by atoms with Crippen LogP contribution in [0.1, 0.15) is 5.56 Å². The van der Waals surface area contributed by atoms with Crippen molar-refractivity contribution < 1.29 is 9.53 Å². The van der Waals surface area contributed by atoms with E-state index in [9.17, 15) is 4.79 Å². The molecule has 0 saturated carbocycles. The van der Waals surface area contributed by atoms with Crippen molar-refractivity contribution in [2.75, 3.05) is 10.6 Å². The van der Waals surface area contributed by atoms with E-state index in [2.05, 4.69) is 20.6 Å². The van der Waals surface area contributed by atoms with Crippen molar-refractivity contribution in [1.82, 2.24) is 9.97 Å². The van der Waals surface area contributed by atoms with Crippen molar-refractivity contribution >= 4 is 17.4 Å². The summed E-state index contributed by atoms with van der Waals surface area (Å²) in [7, 11) is 0. The van der Waals surface area contributed by atoms with Gasteiger partial charge >= 0.3 is 12.0 Å². The van der Waals surface area contributed by atoms with Crippen molar-refractivity contribution in [3.63, 3.8) is 0 Å². The van der Waals surface area contributed by atoms with Crippen LogP contribution in [0.15, 0.2) is 67.0 Å². The zero-order valence-electron chi connectivity index (χ0n) is 13.1. The maximum absolute atomic E-state index is 11.9. The van der Waals surface area contributed by atoms with Gasteiger partial charge in [0.25, 0.3) is 0 Å².